The van der Waals surface area contributed by atoms with E-state index in [1.165, 1.54) is 11.3 Å². The number of para-hydroxylation sites is 1. The molecule has 1 aromatic rings. The smallest absolute Gasteiger partial charge is 0.0868 e. The van der Waals surface area contributed by atoms with Crippen LogP contribution < -0.4 is 10.6 Å². The number of hydrogen-bond donors (Lipinski definition) is 2. The van der Waals surface area contributed by atoms with Crippen LogP contribution in [0.4, 0.5) is 5.69 Å². The summed E-state index contributed by atoms with van der Waals surface area (Å²) >= 11 is 0. The maximum absolute atomic E-state index is 9.98. The van der Waals surface area contributed by atoms with Gasteiger partial charge in [0.05, 0.1) is 12.1 Å². The van der Waals surface area contributed by atoms with Gasteiger partial charge in [0.25, 0.3) is 0 Å². The minimum absolute atomic E-state index is 0.127. The lowest BCUT2D eigenvalue weighted by Crippen LogP contribution is -2.48. The third-order valence-electron chi connectivity index (χ3n) is 3.30. The Labute approximate surface area is 96.9 Å². The number of anilines is 1. The lowest BCUT2D eigenvalue weighted by molar-refractivity contribution is 0.148. The second-order valence-electron chi connectivity index (χ2n) is 4.70. The molecule has 0 spiro atoms. The fourth-order valence-electron chi connectivity index (χ4n) is 2.58. The van der Waals surface area contributed by atoms with Gasteiger partial charge in [0.15, 0.2) is 0 Å². The highest BCUT2D eigenvalue weighted by molar-refractivity contribution is 5.60. The number of fused-ring (bicyclic) bond motifs is 1. The summed E-state index contributed by atoms with van der Waals surface area (Å²) < 4.78 is 0. The number of rotatable bonds is 3. The maximum Gasteiger partial charge on any atom is 0.0868 e. The largest absolute Gasteiger partial charge is 0.390 e. The molecule has 0 aliphatic carbocycles. The van der Waals surface area contributed by atoms with Crippen LogP contribution in [0.2, 0.25) is 0 Å². The van der Waals surface area contributed by atoms with Gasteiger partial charge in [-0.15, -0.1) is 0 Å². The summed E-state index contributed by atoms with van der Waals surface area (Å²) in [6.07, 6.45) is 0.446. The van der Waals surface area contributed by atoms with Crippen molar-refractivity contribution >= 4 is 5.69 Å². The Morgan fingerprint density at radius 3 is 2.75 bits per heavy atom. The third kappa shape index (κ3) is 1.81. The van der Waals surface area contributed by atoms with Gasteiger partial charge in [-0.05, 0) is 31.9 Å². The Morgan fingerprint density at radius 2 is 2.12 bits per heavy atom. The van der Waals surface area contributed by atoms with Crippen molar-refractivity contribution < 1.29 is 5.11 Å². The number of aliphatic hydroxyl groups excluding tert-OH is 1. The zero-order valence-electron chi connectivity index (χ0n) is 9.93. The van der Waals surface area contributed by atoms with E-state index in [9.17, 15) is 5.11 Å². The molecule has 0 amide bonds. The van der Waals surface area contributed by atoms with Crippen molar-refractivity contribution in [1.29, 1.82) is 0 Å². The topological polar surface area (TPSA) is 49.5 Å². The number of nitrogens with zero attached hydrogens (tertiary/aromatic N) is 1. The molecule has 1 aliphatic heterocycles. The van der Waals surface area contributed by atoms with Crippen molar-refractivity contribution in [2.45, 2.75) is 38.5 Å². The van der Waals surface area contributed by atoms with Gasteiger partial charge in [-0.1, -0.05) is 18.2 Å². The first-order valence-corrected chi connectivity index (χ1v) is 5.89. The average Bonchev–Trinajstić information content (AvgIpc) is 2.67. The fraction of sp³-hybridized carbons (Fsp3) is 0.538. The molecule has 1 aromatic carbocycles. The van der Waals surface area contributed by atoms with E-state index in [2.05, 4.69) is 36.9 Å². The summed E-state index contributed by atoms with van der Waals surface area (Å²) in [5.41, 5.74) is 8.13. The summed E-state index contributed by atoms with van der Waals surface area (Å²) in [6.45, 7) is 4.62. The van der Waals surface area contributed by atoms with Gasteiger partial charge in [-0.25, -0.2) is 0 Å². The van der Waals surface area contributed by atoms with Crippen molar-refractivity contribution in [3.63, 3.8) is 0 Å². The van der Waals surface area contributed by atoms with E-state index >= 15 is 0 Å². The van der Waals surface area contributed by atoms with Crippen LogP contribution in [-0.2, 0) is 6.42 Å². The summed E-state index contributed by atoms with van der Waals surface area (Å²) in [7, 11) is 0. The van der Waals surface area contributed by atoms with Gasteiger partial charge in [-0.2, -0.15) is 0 Å². The minimum atomic E-state index is -0.449. The first kappa shape index (κ1) is 11.4. The first-order valence-electron chi connectivity index (χ1n) is 5.89. The van der Waals surface area contributed by atoms with Crippen LogP contribution in [0.5, 0.6) is 0 Å². The molecule has 88 valence electrons. The summed E-state index contributed by atoms with van der Waals surface area (Å²) in [6, 6.07) is 8.87. The molecule has 3 heteroatoms. The Bertz CT molecular complexity index is 365. The Kier molecular flexibility index (Phi) is 3.17. The normalized spacial score (nSPS) is 21.3. The van der Waals surface area contributed by atoms with Gasteiger partial charge in [-0.3, -0.25) is 0 Å². The maximum atomic E-state index is 9.98. The van der Waals surface area contributed by atoms with Crippen molar-refractivity contribution in [1.82, 2.24) is 0 Å². The predicted molar refractivity (Wildman–Crippen MR) is 66.6 cm³/mol. The molecule has 0 saturated carbocycles. The number of hydrogen-bond acceptors (Lipinski definition) is 3. The quantitative estimate of drug-likeness (QED) is 0.803. The first-order chi connectivity index (χ1) is 7.65. The summed E-state index contributed by atoms with van der Waals surface area (Å²) in [5, 5.41) is 9.98. The molecular weight excluding hydrogens is 200 g/mol. The van der Waals surface area contributed by atoms with E-state index in [0.29, 0.717) is 12.6 Å². The second kappa shape index (κ2) is 4.44. The highest BCUT2D eigenvalue weighted by Crippen LogP contribution is 2.34. The molecule has 0 radical (unpaired) electrons. The van der Waals surface area contributed by atoms with Crippen molar-refractivity contribution in [3.8, 4) is 0 Å². The lowest BCUT2D eigenvalue weighted by atomic mass is 10.1. The minimum Gasteiger partial charge on any atom is -0.390 e. The fourth-order valence-corrected chi connectivity index (χ4v) is 2.58. The molecule has 0 fully saturated rings. The summed E-state index contributed by atoms with van der Waals surface area (Å²) in [5.74, 6) is 0. The van der Waals surface area contributed by atoms with Crippen LogP contribution in [0.15, 0.2) is 24.3 Å². The molecule has 0 saturated heterocycles. The lowest BCUT2D eigenvalue weighted by Gasteiger charge is -2.34. The molecule has 16 heavy (non-hydrogen) atoms. The highest BCUT2D eigenvalue weighted by atomic mass is 16.3. The van der Waals surface area contributed by atoms with Gasteiger partial charge in [0, 0.05) is 18.3 Å². The van der Waals surface area contributed by atoms with E-state index in [1.54, 1.807) is 0 Å². The molecule has 2 atom stereocenters. The molecule has 2 rings (SSSR count). The van der Waals surface area contributed by atoms with E-state index < -0.39 is 6.10 Å². The standard InChI is InChI=1S/C13H20N2O/c1-9(2)15-11-6-4-3-5-10(11)7-12(15)13(16)8-14/h3-6,9,12-13,16H,7-8,14H2,1-2H3. The second-order valence-corrected chi connectivity index (χ2v) is 4.70. The molecule has 3 nitrogen and oxygen atoms in total. The Hall–Kier alpha value is -1.06. The van der Waals surface area contributed by atoms with E-state index in [1.807, 2.05) is 6.07 Å². The molecule has 2 unspecified atom stereocenters. The van der Waals surface area contributed by atoms with Gasteiger partial charge >= 0.3 is 0 Å². The molecular formula is C13H20N2O. The molecule has 0 bridgehead atoms. The zero-order valence-corrected chi connectivity index (χ0v) is 9.93. The number of aliphatic hydroxyl groups is 1. The number of benzene rings is 1. The van der Waals surface area contributed by atoms with Gasteiger partial charge in [0.2, 0.25) is 0 Å². The van der Waals surface area contributed by atoms with Crippen molar-refractivity contribution in [2.24, 2.45) is 5.73 Å². The Balaban J connectivity index is 2.33. The van der Waals surface area contributed by atoms with E-state index in [0.717, 1.165) is 6.42 Å². The van der Waals surface area contributed by atoms with Gasteiger partial charge in [0.1, 0.15) is 0 Å². The van der Waals surface area contributed by atoms with E-state index in [4.69, 9.17) is 5.73 Å². The zero-order chi connectivity index (χ0) is 11.7. The van der Waals surface area contributed by atoms with Crippen LogP contribution in [0.1, 0.15) is 19.4 Å². The van der Waals surface area contributed by atoms with Crippen LogP contribution in [0.25, 0.3) is 0 Å². The predicted octanol–water partition coefficient (Wildman–Crippen LogP) is 1.15. The van der Waals surface area contributed by atoms with Crippen LogP contribution in [-0.4, -0.2) is 29.8 Å². The third-order valence-corrected chi connectivity index (χ3v) is 3.30. The Morgan fingerprint density at radius 1 is 1.44 bits per heavy atom. The molecule has 1 heterocycles. The monoisotopic (exact) mass is 220 g/mol. The van der Waals surface area contributed by atoms with Crippen LogP contribution in [0, 0.1) is 0 Å². The van der Waals surface area contributed by atoms with Crippen molar-refractivity contribution in [2.75, 3.05) is 11.4 Å². The number of nitrogens with two attached hydrogens (primary N) is 1. The van der Waals surface area contributed by atoms with Gasteiger partial charge < -0.3 is 15.7 Å². The molecule has 3 N–H and O–H groups in total. The van der Waals surface area contributed by atoms with Crippen LogP contribution >= 0.6 is 0 Å². The SMILES string of the molecule is CC(C)N1c2ccccc2CC1C(O)CN. The molecule has 1 aliphatic rings. The highest BCUT2D eigenvalue weighted by Gasteiger charge is 2.34. The van der Waals surface area contributed by atoms with E-state index in [-0.39, 0.29) is 6.04 Å². The molecule has 0 aromatic heterocycles. The average molecular weight is 220 g/mol. The van der Waals surface area contributed by atoms with Crippen molar-refractivity contribution in [3.05, 3.63) is 29.8 Å². The van der Waals surface area contributed by atoms with Crippen LogP contribution in [0.3, 0.4) is 0 Å². The summed E-state index contributed by atoms with van der Waals surface area (Å²) in [4.78, 5) is 2.28.